The number of alkyl halides is 7. The molecular formula is C21H12F7N5O3. The smallest absolute Gasteiger partial charge is 0.330 e. The largest absolute Gasteiger partial charge is 0.460 e. The number of likely N-dealkylation sites (tertiary alicyclic amines) is 1. The third-order valence-electron chi connectivity index (χ3n) is 6.67. The lowest BCUT2D eigenvalue weighted by Gasteiger charge is -2.38. The van der Waals surface area contributed by atoms with Gasteiger partial charge in [0.05, 0.1) is 24.0 Å². The molecule has 4 heterocycles. The molecule has 2 bridgehead atoms. The molecule has 1 aromatic carbocycles. The minimum absolute atomic E-state index is 0.00129. The fraction of sp³-hybridized carbons (Fsp3) is 0.381. The third-order valence-corrected chi connectivity index (χ3v) is 6.67. The monoisotopic (exact) mass is 515 g/mol. The van der Waals surface area contributed by atoms with Gasteiger partial charge in [-0.1, -0.05) is 24.3 Å². The highest BCUT2D eigenvalue weighted by molar-refractivity contribution is 6.25. The normalized spacial score (nSPS) is 24.1. The van der Waals surface area contributed by atoms with Crippen LogP contribution in [0.3, 0.4) is 0 Å². The van der Waals surface area contributed by atoms with Crippen molar-refractivity contribution >= 4 is 34.3 Å². The summed E-state index contributed by atoms with van der Waals surface area (Å²) in [5.74, 6) is -16.5. The molecule has 188 valence electrons. The molecule has 3 aliphatic heterocycles. The second kappa shape index (κ2) is 7.28. The fourth-order valence-corrected chi connectivity index (χ4v) is 5.05. The number of piperazine rings is 1. The van der Waals surface area contributed by atoms with Gasteiger partial charge in [0.25, 0.3) is 11.8 Å². The number of rotatable bonds is 3. The molecule has 0 N–H and O–H groups in total. The minimum atomic E-state index is -6.70. The number of hydrogen-bond donors (Lipinski definition) is 0. The van der Waals surface area contributed by atoms with Crippen LogP contribution < -0.4 is 4.90 Å². The average molecular weight is 515 g/mol. The van der Waals surface area contributed by atoms with Gasteiger partial charge in [0, 0.05) is 17.3 Å². The molecule has 5 rings (SSSR count). The predicted molar refractivity (Wildman–Crippen MR) is 105 cm³/mol. The van der Waals surface area contributed by atoms with Crippen molar-refractivity contribution in [3.63, 3.8) is 0 Å². The van der Waals surface area contributed by atoms with Gasteiger partial charge >= 0.3 is 24.1 Å². The number of pyridine rings is 1. The highest BCUT2D eigenvalue weighted by atomic mass is 19.4. The number of amides is 4. The van der Waals surface area contributed by atoms with Gasteiger partial charge in [-0.2, -0.15) is 36.0 Å². The van der Waals surface area contributed by atoms with Crippen molar-refractivity contribution in [3.05, 3.63) is 36.2 Å². The number of fused-ring (bicyclic) bond motifs is 6. The first kappa shape index (κ1) is 23.8. The van der Waals surface area contributed by atoms with Gasteiger partial charge in [-0.25, -0.2) is 14.7 Å². The molecule has 3 fully saturated rings. The molecule has 0 radical (unpaired) electrons. The van der Waals surface area contributed by atoms with E-state index >= 15 is 0 Å². The number of carbonyl (C=O) groups excluding carboxylic acids is 3. The lowest BCUT2D eigenvalue weighted by atomic mass is 10.0. The van der Waals surface area contributed by atoms with E-state index in [-0.39, 0.29) is 28.1 Å². The van der Waals surface area contributed by atoms with Crippen LogP contribution in [0.4, 0.5) is 41.2 Å². The van der Waals surface area contributed by atoms with E-state index in [1.54, 1.807) is 12.1 Å². The van der Waals surface area contributed by atoms with Crippen LogP contribution in [0.25, 0.3) is 10.8 Å². The van der Waals surface area contributed by atoms with Crippen molar-refractivity contribution in [2.75, 3.05) is 11.4 Å². The van der Waals surface area contributed by atoms with E-state index in [0.29, 0.717) is 10.3 Å². The van der Waals surface area contributed by atoms with Crippen LogP contribution in [0, 0.1) is 11.3 Å². The molecule has 1 aromatic heterocycles. The predicted octanol–water partition coefficient (Wildman–Crippen LogP) is 3.06. The Kier molecular flexibility index (Phi) is 4.80. The van der Waals surface area contributed by atoms with Crippen molar-refractivity contribution in [2.24, 2.45) is 0 Å². The molecular weight excluding hydrogens is 503 g/mol. The molecule has 36 heavy (non-hydrogen) atoms. The molecule has 0 saturated carbocycles. The third kappa shape index (κ3) is 2.86. The van der Waals surface area contributed by atoms with E-state index in [1.807, 2.05) is 6.07 Å². The number of urea groups is 1. The summed E-state index contributed by atoms with van der Waals surface area (Å²) in [6.45, 7) is -0.747. The number of benzene rings is 1. The Morgan fingerprint density at radius 3 is 2.31 bits per heavy atom. The second-order valence-electron chi connectivity index (χ2n) is 8.52. The van der Waals surface area contributed by atoms with Crippen molar-refractivity contribution in [1.82, 2.24) is 14.8 Å². The number of carbonyl (C=O) groups is 3. The molecule has 0 aliphatic carbocycles. The van der Waals surface area contributed by atoms with E-state index in [9.17, 15) is 50.4 Å². The lowest BCUT2D eigenvalue weighted by Crippen LogP contribution is -2.64. The maximum Gasteiger partial charge on any atom is 0.460 e. The zero-order valence-electron chi connectivity index (χ0n) is 17.6. The summed E-state index contributed by atoms with van der Waals surface area (Å²) in [6, 6.07) is 2.98. The number of halogens is 7. The Hall–Kier alpha value is -3.96. The Bertz CT molecular complexity index is 1370. The first-order valence-electron chi connectivity index (χ1n) is 10.3. The molecule has 3 saturated heterocycles. The summed E-state index contributed by atoms with van der Waals surface area (Å²) in [6.07, 6.45) is -5.86. The van der Waals surface area contributed by atoms with Gasteiger partial charge in [-0.05, 0) is 6.42 Å². The quantitative estimate of drug-likeness (QED) is 0.463. The fourth-order valence-electron chi connectivity index (χ4n) is 5.05. The van der Waals surface area contributed by atoms with Crippen LogP contribution in [0.5, 0.6) is 0 Å². The zero-order valence-corrected chi connectivity index (χ0v) is 17.6. The van der Waals surface area contributed by atoms with E-state index < -0.39 is 60.5 Å². The Morgan fingerprint density at radius 2 is 1.69 bits per heavy atom. The summed E-state index contributed by atoms with van der Waals surface area (Å²) >= 11 is 0. The minimum Gasteiger partial charge on any atom is -0.330 e. The van der Waals surface area contributed by atoms with Crippen LogP contribution in [0.2, 0.25) is 0 Å². The highest BCUT2D eigenvalue weighted by Gasteiger charge is 2.78. The number of hydrogen-bond acceptors (Lipinski definition) is 5. The SMILES string of the molecule is N#Cc1ncc(N2C(=O)C3C4C[C@H](CN4C(=O)C(F)(F)C(F)(F)C(F)(F)F)N3C2=O)c2ccccc12. The van der Waals surface area contributed by atoms with Gasteiger partial charge in [-0.3, -0.25) is 9.59 Å². The lowest BCUT2D eigenvalue weighted by molar-refractivity contribution is -0.346. The number of aromatic nitrogens is 1. The van der Waals surface area contributed by atoms with Crippen LogP contribution >= 0.6 is 0 Å². The molecule has 2 unspecified atom stereocenters. The summed E-state index contributed by atoms with van der Waals surface area (Å²) in [7, 11) is 0. The molecule has 8 nitrogen and oxygen atoms in total. The van der Waals surface area contributed by atoms with Gasteiger partial charge in [-0.15, -0.1) is 0 Å². The second-order valence-corrected chi connectivity index (χ2v) is 8.52. The number of anilines is 1. The number of imide groups is 1. The summed E-state index contributed by atoms with van der Waals surface area (Å²) in [5, 5.41) is 9.85. The number of nitrogens with zero attached hydrogens (tertiary/aromatic N) is 5. The molecule has 3 aliphatic rings. The zero-order chi connectivity index (χ0) is 26.4. The van der Waals surface area contributed by atoms with Crippen LogP contribution in [-0.4, -0.2) is 75.3 Å². The highest BCUT2D eigenvalue weighted by Crippen LogP contribution is 2.50. The topological polar surface area (TPSA) is 97.6 Å². The van der Waals surface area contributed by atoms with E-state index in [1.165, 1.54) is 12.1 Å². The summed E-state index contributed by atoms with van der Waals surface area (Å²) in [5.41, 5.74) is -0.0428. The van der Waals surface area contributed by atoms with Crippen molar-refractivity contribution in [2.45, 2.75) is 42.6 Å². The summed E-state index contributed by atoms with van der Waals surface area (Å²) < 4.78 is 92.8. The standard InChI is InChI=1S/C21H12F7N5O3/c22-19(23,20(24,25)21(26,27)28)17(35)31-8-9-5-13(31)15-16(34)33(18(36)32(9)15)14-7-30-12(6-29)10-3-1-2-4-11(10)14/h1-4,7,9,13,15H,5,8H2/t9-,13?,15?/m1/s1. The van der Waals surface area contributed by atoms with Gasteiger partial charge in [0.1, 0.15) is 17.8 Å². The Balaban J connectivity index is 1.50. The van der Waals surface area contributed by atoms with Gasteiger partial charge in [0.15, 0.2) is 0 Å². The van der Waals surface area contributed by atoms with Gasteiger partial charge < -0.3 is 9.80 Å². The van der Waals surface area contributed by atoms with E-state index in [4.69, 9.17) is 0 Å². The molecule has 0 spiro atoms. The summed E-state index contributed by atoms with van der Waals surface area (Å²) in [4.78, 5) is 44.4. The van der Waals surface area contributed by atoms with Crippen LogP contribution in [0.15, 0.2) is 30.5 Å². The van der Waals surface area contributed by atoms with E-state index in [0.717, 1.165) is 11.1 Å². The van der Waals surface area contributed by atoms with Crippen LogP contribution in [0.1, 0.15) is 12.1 Å². The van der Waals surface area contributed by atoms with E-state index in [2.05, 4.69) is 4.98 Å². The first-order chi connectivity index (χ1) is 16.7. The maximum absolute atomic E-state index is 14.1. The maximum atomic E-state index is 14.1. The van der Waals surface area contributed by atoms with Crippen molar-refractivity contribution < 1.29 is 45.1 Å². The van der Waals surface area contributed by atoms with Crippen molar-refractivity contribution in [1.29, 1.82) is 5.26 Å². The average Bonchev–Trinajstić information content (AvgIpc) is 3.48. The molecule has 4 amide bonds. The van der Waals surface area contributed by atoms with Crippen molar-refractivity contribution in [3.8, 4) is 6.07 Å². The number of nitriles is 1. The first-order valence-corrected chi connectivity index (χ1v) is 10.3. The Morgan fingerprint density at radius 1 is 1.06 bits per heavy atom. The molecule has 15 heteroatoms. The molecule has 2 aromatic rings. The molecule has 3 atom stereocenters. The Labute approximate surface area is 196 Å². The van der Waals surface area contributed by atoms with Crippen LogP contribution in [-0.2, 0) is 9.59 Å². The van der Waals surface area contributed by atoms with Gasteiger partial charge in [0.2, 0.25) is 0 Å².